The van der Waals surface area contributed by atoms with Gasteiger partial charge in [-0.2, -0.15) is 0 Å². The normalized spacial score (nSPS) is 44.7. The largest absolute Gasteiger partial charge is 0.375 e. The average molecular weight is 257 g/mol. The van der Waals surface area contributed by atoms with Gasteiger partial charge in [0, 0.05) is 12.6 Å². The fourth-order valence-corrected chi connectivity index (χ4v) is 3.12. The molecule has 1 saturated carbocycles. The van der Waals surface area contributed by atoms with Crippen LogP contribution in [0.2, 0.25) is 0 Å². The first kappa shape index (κ1) is 14.3. The lowest BCUT2D eigenvalue weighted by Gasteiger charge is -2.46. The van der Waals surface area contributed by atoms with E-state index in [4.69, 9.17) is 14.2 Å². The second kappa shape index (κ2) is 6.33. The zero-order chi connectivity index (χ0) is 13.1. The molecule has 2 aliphatic rings. The van der Waals surface area contributed by atoms with Crippen LogP contribution >= 0.6 is 0 Å². The molecule has 1 N–H and O–H groups in total. The zero-order valence-corrected chi connectivity index (χ0v) is 12.0. The Morgan fingerprint density at radius 3 is 2.39 bits per heavy atom. The van der Waals surface area contributed by atoms with Gasteiger partial charge in [-0.25, -0.2) is 0 Å². The molecule has 0 aromatic heterocycles. The highest BCUT2D eigenvalue weighted by molar-refractivity contribution is 4.97. The Labute approximate surface area is 110 Å². The van der Waals surface area contributed by atoms with Crippen LogP contribution in [-0.4, -0.2) is 50.2 Å². The molecule has 0 aromatic carbocycles. The predicted molar refractivity (Wildman–Crippen MR) is 70.8 cm³/mol. The molecule has 0 amide bonds. The molecule has 0 bridgehead atoms. The van der Waals surface area contributed by atoms with E-state index in [1.807, 2.05) is 14.0 Å². The van der Waals surface area contributed by atoms with Crippen LogP contribution in [0.3, 0.4) is 0 Å². The smallest absolute Gasteiger partial charge is 0.0990 e. The maximum Gasteiger partial charge on any atom is 0.0990 e. The summed E-state index contributed by atoms with van der Waals surface area (Å²) in [5, 5.41) is 3.29. The van der Waals surface area contributed by atoms with Gasteiger partial charge >= 0.3 is 0 Å². The molecular formula is C14H27NO3. The van der Waals surface area contributed by atoms with E-state index in [9.17, 15) is 0 Å². The van der Waals surface area contributed by atoms with E-state index in [0.29, 0.717) is 24.4 Å². The quantitative estimate of drug-likeness (QED) is 0.814. The molecule has 0 aromatic rings. The van der Waals surface area contributed by atoms with Crippen LogP contribution < -0.4 is 5.32 Å². The monoisotopic (exact) mass is 257 g/mol. The van der Waals surface area contributed by atoms with Crippen molar-refractivity contribution in [2.24, 2.45) is 0 Å². The van der Waals surface area contributed by atoms with Gasteiger partial charge < -0.3 is 19.5 Å². The Morgan fingerprint density at radius 2 is 1.83 bits per heavy atom. The minimum absolute atomic E-state index is 0.216. The molecule has 1 saturated heterocycles. The van der Waals surface area contributed by atoms with E-state index in [-0.39, 0.29) is 12.2 Å². The molecular weight excluding hydrogens is 230 g/mol. The third-order valence-electron chi connectivity index (χ3n) is 4.00. The van der Waals surface area contributed by atoms with E-state index < -0.39 is 0 Å². The first-order valence-corrected chi connectivity index (χ1v) is 7.23. The summed E-state index contributed by atoms with van der Waals surface area (Å²) in [6.45, 7) is 7.05. The number of rotatable bonds is 5. The molecule has 4 heteroatoms. The van der Waals surface area contributed by atoms with Gasteiger partial charge in [-0.1, -0.05) is 0 Å². The summed E-state index contributed by atoms with van der Waals surface area (Å²) in [5.41, 5.74) is 0. The summed E-state index contributed by atoms with van der Waals surface area (Å²) < 4.78 is 17.7. The van der Waals surface area contributed by atoms with Crippen molar-refractivity contribution in [1.29, 1.82) is 0 Å². The molecule has 1 aliphatic heterocycles. The topological polar surface area (TPSA) is 39.7 Å². The van der Waals surface area contributed by atoms with Crippen molar-refractivity contribution in [2.75, 3.05) is 13.7 Å². The minimum atomic E-state index is 0.216. The lowest BCUT2D eigenvalue weighted by Crippen LogP contribution is -2.60. The fraction of sp³-hybridized carbons (Fsp3) is 1.00. The van der Waals surface area contributed by atoms with Crippen LogP contribution in [0.4, 0.5) is 0 Å². The molecule has 1 aliphatic carbocycles. The van der Waals surface area contributed by atoms with Crippen LogP contribution in [-0.2, 0) is 14.2 Å². The van der Waals surface area contributed by atoms with Crippen molar-refractivity contribution in [3.63, 3.8) is 0 Å². The molecule has 4 nitrogen and oxygen atoms in total. The van der Waals surface area contributed by atoms with Gasteiger partial charge in [0.25, 0.3) is 0 Å². The molecule has 0 spiro atoms. The average Bonchev–Trinajstić information content (AvgIpc) is 2.30. The summed E-state index contributed by atoms with van der Waals surface area (Å²) in [6.07, 6.45) is 4.48. The van der Waals surface area contributed by atoms with Crippen molar-refractivity contribution < 1.29 is 14.2 Å². The molecule has 5 atom stereocenters. The lowest BCUT2D eigenvalue weighted by molar-refractivity contribution is -0.191. The van der Waals surface area contributed by atoms with E-state index in [1.54, 1.807) is 0 Å². The molecule has 2 rings (SSSR count). The molecule has 2 fully saturated rings. The summed E-state index contributed by atoms with van der Waals surface area (Å²) in [7, 11) is 1.99. The highest BCUT2D eigenvalue weighted by atomic mass is 16.6. The molecule has 1 heterocycles. The van der Waals surface area contributed by atoms with Crippen molar-refractivity contribution in [2.45, 2.75) is 76.6 Å². The summed E-state index contributed by atoms with van der Waals surface area (Å²) in [5.74, 6) is 0. The molecule has 0 radical (unpaired) electrons. The molecule has 18 heavy (non-hydrogen) atoms. The van der Waals surface area contributed by atoms with Gasteiger partial charge in [-0.05, 0) is 47.1 Å². The second-order valence-electron chi connectivity index (χ2n) is 5.58. The Balaban J connectivity index is 1.82. The minimum Gasteiger partial charge on any atom is -0.375 e. The maximum absolute atomic E-state index is 6.22. The number of nitrogens with one attached hydrogen (secondary N) is 1. The highest BCUT2D eigenvalue weighted by Crippen LogP contribution is 2.31. The summed E-state index contributed by atoms with van der Waals surface area (Å²) in [6, 6.07) is 0.449. The predicted octanol–water partition coefficient (Wildman–Crippen LogP) is 1.72. The summed E-state index contributed by atoms with van der Waals surface area (Å²) in [4.78, 5) is 0. The first-order chi connectivity index (χ1) is 8.63. The standard InChI is InChI=1S/C14H27NO3/c1-5-16-14-12(15-4)8-13(14)18-11-6-9(2)17-10(3)7-11/h9-15H,5-8H2,1-4H3. The van der Waals surface area contributed by atoms with Crippen molar-refractivity contribution in [3.8, 4) is 0 Å². The van der Waals surface area contributed by atoms with Crippen LogP contribution in [0.25, 0.3) is 0 Å². The fourth-order valence-electron chi connectivity index (χ4n) is 3.12. The molecule has 5 unspecified atom stereocenters. The van der Waals surface area contributed by atoms with Gasteiger partial charge in [0.1, 0.15) is 0 Å². The lowest BCUT2D eigenvalue weighted by atomic mass is 9.85. The number of likely N-dealkylation sites (N-methyl/N-ethyl adjacent to an activating group) is 1. The van der Waals surface area contributed by atoms with Crippen molar-refractivity contribution in [3.05, 3.63) is 0 Å². The van der Waals surface area contributed by atoms with Gasteiger partial charge in [0.15, 0.2) is 0 Å². The SMILES string of the molecule is CCOC1C(NC)CC1OC1CC(C)OC(C)C1. The van der Waals surface area contributed by atoms with Gasteiger partial charge in [0.2, 0.25) is 0 Å². The van der Waals surface area contributed by atoms with E-state index in [0.717, 1.165) is 25.9 Å². The van der Waals surface area contributed by atoms with Crippen LogP contribution in [0, 0.1) is 0 Å². The van der Waals surface area contributed by atoms with Gasteiger partial charge in [-0.15, -0.1) is 0 Å². The Hall–Kier alpha value is -0.160. The summed E-state index contributed by atoms with van der Waals surface area (Å²) >= 11 is 0. The van der Waals surface area contributed by atoms with Crippen LogP contribution in [0.5, 0.6) is 0 Å². The molecule has 106 valence electrons. The van der Waals surface area contributed by atoms with Crippen LogP contribution in [0.1, 0.15) is 40.0 Å². The Morgan fingerprint density at radius 1 is 1.17 bits per heavy atom. The first-order valence-electron chi connectivity index (χ1n) is 7.23. The van der Waals surface area contributed by atoms with Gasteiger partial charge in [0.05, 0.1) is 30.5 Å². The van der Waals surface area contributed by atoms with E-state index >= 15 is 0 Å². The third-order valence-corrected chi connectivity index (χ3v) is 4.00. The van der Waals surface area contributed by atoms with Crippen molar-refractivity contribution in [1.82, 2.24) is 5.32 Å². The second-order valence-corrected chi connectivity index (χ2v) is 5.58. The van der Waals surface area contributed by atoms with Crippen LogP contribution in [0.15, 0.2) is 0 Å². The number of hydrogen-bond acceptors (Lipinski definition) is 4. The number of ether oxygens (including phenoxy) is 3. The maximum atomic E-state index is 6.22. The Kier molecular flexibility index (Phi) is 5.01. The Bertz CT molecular complexity index is 251. The van der Waals surface area contributed by atoms with Crippen molar-refractivity contribution >= 4 is 0 Å². The third kappa shape index (κ3) is 3.23. The zero-order valence-electron chi connectivity index (χ0n) is 12.0. The van der Waals surface area contributed by atoms with E-state index in [1.165, 1.54) is 0 Å². The number of hydrogen-bond donors (Lipinski definition) is 1. The van der Waals surface area contributed by atoms with Gasteiger partial charge in [-0.3, -0.25) is 0 Å². The highest BCUT2D eigenvalue weighted by Gasteiger charge is 2.43. The van der Waals surface area contributed by atoms with E-state index in [2.05, 4.69) is 19.2 Å².